The summed E-state index contributed by atoms with van der Waals surface area (Å²) in [7, 11) is 0. The second-order valence-corrected chi connectivity index (χ2v) is 13.6. The minimum Gasteiger partial charge on any atom is -0.490 e. The summed E-state index contributed by atoms with van der Waals surface area (Å²) in [4.78, 5) is 39.9. The summed E-state index contributed by atoms with van der Waals surface area (Å²) in [5, 5.41) is 7.00. The molecule has 2 aromatic carbocycles. The van der Waals surface area contributed by atoms with Crippen LogP contribution in [0, 0.1) is 10.8 Å². The van der Waals surface area contributed by atoms with Gasteiger partial charge in [0.1, 0.15) is 0 Å². The molecule has 7 nitrogen and oxygen atoms in total. The Bertz CT molecular complexity index is 1490. The molecular weight excluding hydrogens is 575 g/mol. The molecule has 42 heavy (non-hydrogen) atoms. The van der Waals surface area contributed by atoms with E-state index in [2.05, 4.69) is 38.3 Å². The molecule has 2 N–H and O–H groups in total. The van der Waals surface area contributed by atoms with Crippen LogP contribution in [-0.2, 0) is 14.4 Å². The standard InChI is InChI=1S/C33H36Cl2N2O5/c1-6-41-27-11-18(7-10-26(27)42-17-28(40)36-19-8-9-20(34)21(35)12-19)29-30-22(13-32(2,3)15-24(30)38)37-23-14-33(4,5)16-25(39)31(23)29/h7-12,29,37H,6,13-17H2,1-5H3,(H,36,40). The number of rotatable bonds is 7. The first-order valence-corrected chi connectivity index (χ1v) is 15.0. The van der Waals surface area contributed by atoms with Gasteiger partial charge in [-0.15, -0.1) is 0 Å². The predicted octanol–water partition coefficient (Wildman–Crippen LogP) is 7.38. The topological polar surface area (TPSA) is 93.7 Å². The van der Waals surface area contributed by atoms with Crippen molar-refractivity contribution in [3.05, 3.63) is 74.5 Å². The molecule has 1 amide bonds. The van der Waals surface area contributed by atoms with Gasteiger partial charge in [-0.05, 0) is 66.5 Å². The molecule has 2 aromatic rings. The summed E-state index contributed by atoms with van der Waals surface area (Å²) in [6.45, 7) is 10.4. The number of anilines is 1. The summed E-state index contributed by atoms with van der Waals surface area (Å²) in [5.41, 5.74) is 4.08. The number of carbonyl (C=O) groups is 3. The lowest BCUT2D eigenvalue weighted by atomic mass is 9.64. The molecule has 2 aliphatic carbocycles. The number of carbonyl (C=O) groups excluding carboxylic acids is 3. The van der Waals surface area contributed by atoms with Crippen molar-refractivity contribution >= 4 is 46.4 Å². The molecule has 0 atom stereocenters. The number of hydrogen-bond donors (Lipinski definition) is 2. The van der Waals surface area contributed by atoms with E-state index >= 15 is 0 Å². The van der Waals surface area contributed by atoms with Gasteiger partial charge in [0, 0.05) is 47.0 Å². The zero-order valence-corrected chi connectivity index (χ0v) is 26.1. The molecule has 0 aromatic heterocycles. The maximum absolute atomic E-state index is 13.6. The first kappa shape index (κ1) is 30.2. The van der Waals surface area contributed by atoms with Gasteiger partial charge in [-0.1, -0.05) is 57.0 Å². The quantitative estimate of drug-likeness (QED) is 0.339. The Morgan fingerprint density at radius 1 is 0.857 bits per heavy atom. The second kappa shape index (κ2) is 11.4. The average Bonchev–Trinajstić information content (AvgIpc) is 2.87. The maximum atomic E-state index is 13.6. The Morgan fingerprint density at radius 2 is 1.48 bits per heavy atom. The summed E-state index contributed by atoms with van der Waals surface area (Å²) in [6, 6.07) is 10.3. The smallest absolute Gasteiger partial charge is 0.262 e. The van der Waals surface area contributed by atoms with Crippen molar-refractivity contribution in [2.45, 2.75) is 66.2 Å². The monoisotopic (exact) mass is 610 g/mol. The Kier molecular flexibility index (Phi) is 8.20. The third kappa shape index (κ3) is 6.23. The van der Waals surface area contributed by atoms with Gasteiger partial charge >= 0.3 is 0 Å². The lowest BCUT2D eigenvalue weighted by molar-refractivity contribution is -0.119. The Morgan fingerprint density at radius 3 is 2.05 bits per heavy atom. The van der Waals surface area contributed by atoms with Gasteiger partial charge in [0.15, 0.2) is 29.7 Å². The number of halogens is 2. The van der Waals surface area contributed by atoms with E-state index in [0.717, 1.165) is 29.8 Å². The van der Waals surface area contributed by atoms with Gasteiger partial charge in [0.05, 0.1) is 16.7 Å². The van der Waals surface area contributed by atoms with Crippen LogP contribution in [0.15, 0.2) is 58.9 Å². The predicted molar refractivity (Wildman–Crippen MR) is 164 cm³/mol. The van der Waals surface area contributed by atoms with Crippen LogP contribution in [-0.4, -0.2) is 30.7 Å². The summed E-state index contributed by atoms with van der Waals surface area (Å²) in [6.07, 6.45) is 2.28. The maximum Gasteiger partial charge on any atom is 0.262 e. The highest BCUT2D eigenvalue weighted by Gasteiger charge is 2.46. The summed E-state index contributed by atoms with van der Waals surface area (Å²) < 4.78 is 11.8. The van der Waals surface area contributed by atoms with Crippen LogP contribution in [0.4, 0.5) is 5.69 Å². The van der Waals surface area contributed by atoms with Gasteiger partial charge in [-0.3, -0.25) is 14.4 Å². The number of amides is 1. The largest absolute Gasteiger partial charge is 0.490 e. The van der Waals surface area contributed by atoms with E-state index in [1.54, 1.807) is 24.3 Å². The van der Waals surface area contributed by atoms with E-state index in [1.807, 2.05) is 19.1 Å². The van der Waals surface area contributed by atoms with Crippen LogP contribution in [0.25, 0.3) is 0 Å². The minimum atomic E-state index is -0.491. The van der Waals surface area contributed by atoms with Crippen LogP contribution in [0.2, 0.25) is 10.0 Å². The number of allylic oxidation sites excluding steroid dienone is 4. The molecule has 0 saturated carbocycles. The van der Waals surface area contributed by atoms with Gasteiger partial charge < -0.3 is 20.1 Å². The first-order chi connectivity index (χ1) is 19.8. The highest BCUT2D eigenvalue weighted by molar-refractivity contribution is 6.42. The van der Waals surface area contributed by atoms with E-state index in [-0.39, 0.29) is 34.9 Å². The zero-order valence-electron chi connectivity index (χ0n) is 24.6. The number of benzene rings is 2. The molecule has 3 aliphatic rings. The molecule has 0 fully saturated rings. The van der Waals surface area contributed by atoms with E-state index < -0.39 is 5.92 Å². The van der Waals surface area contributed by atoms with E-state index in [0.29, 0.717) is 57.8 Å². The van der Waals surface area contributed by atoms with Crippen molar-refractivity contribution in [2.24, 2.45) is 10.8 Å². The van der Waals surface area contributed by atoms with Crippen LogP contribution < -0.4 is 20.1 Å². The van der Waals surface area contributed by atoms with Crippen molar-refractivity contribution in [3.8, 4) is 11.5 Å². The Labute approximate surface area is 256 Å². The molecular formula is C33H36Cl2N2O5. The number of Topliss-reactive ketones (excluding diaryl/α,β-unsaturated/α-hetero) is 2. The molecule has 0 saturated heterocycles. The van der Waals surface area contributed by atoms with E-state index in [1.165, 1.54) is 0 Å². The molecule has 0 bridgehead atoms. The fourth-order valence-electron chi connectivity index (χ4n) is 6.23. The second-order valence-electron chi connectivity index (χ2n) is 12.8. The lowest BCUT2D eigenvalue weighted by Gasteiger charge is -2.44. The van der Waals surface area contributed by atoms with Gasteiger partial charge in [-0.2, -0.15) is 0 Å². The molecule has 222 valence electrons. The van der Waals surface area contributed by atoms with Gasteiger partial charge in [-0.25, -0.2) is 0 Å². The van der Waals surface area contributed by atoms with Crippen LogP contribution >= 0.6 is 23.2 Å². The number of ether oxygens (including phenoxy) is 2. The summed E-state index contributed by atoms with van der Waals surface area (Å²) >= 11 is 12.0. The summed E-state index contributed by atoms with van der Waals surface area (Å²) in [5.74, 6) is 0.0607. The fraction of sp³-hybridized carbons (Fsp3) is 0.424. The SMILES string of the molecule is CCOc1cc(C2C3=C(CC(C)(C)CC3=O)NC3=C2C(=O)CC(C)(C)C3)ccc1OCC(=O)Nc1ccc(Cl)c(Cl)c1. The molecule has 0 radical (unpaired) electrons. The molecule has 1 heterocycles. The van der Waals surface area contributed by atoms with E-state index in [9.17, 15) is 14.4 Å². The van der Waals surface area contributed by atoms with Crippen molar-refractivity contribution in [1.29, 1.82) is 0 Å². The molecule has 5 rings (SSSR count). The lowest BCUT2D eigenvalue weighted by Crippen LogP contribution is -2.42. The third-order valence-electron chi connectivity index (χ3n) is 7.88. The van der Waals surface area contributed by atoms with E-state index in [4.69, 9.17) is 32.7 Å². The van der Waals surface area contributed by atoms with Crippen LogP contribution in [0.3, 0.4) is 0 Å². The number of ketones is 2. The first-order valence-electron chi connectivity index (χ1n) is 14.2. The van der Waals surface area contributed by atoms with Crippen molar-refractivity contribution < 1.29 is 23.9 Å². The minimum absolute atomic E-state index is 0.0557. The molecule has 0 unspecified atom stereocenters. The van der Waals surface area contributed by atoms with Crippen LogP contribution in [0.5, 0.6) is 11.5 Å². The van der Waals surface area contributed by atoms with Crippen molar-refractivity contribution in [3.63, 3.8) is 0 Å². The molecule has 1 aliphatic heterocycles. The number of hydrogen-bond acceptors (Lipinski definition) is 6. The Balaban J connectivity index is 1.47. The highest BCUT2D eigenvalue weighted by atomic mass is 35.5. The normalized spacial score (nSPS) is 19.6. The fourth-order valence-corrected chi connectivity index (χ4v) is 6.53. The number of dihydropyridines is 1. The highest BCUT2D eigenvalue weighted by Crippen LogP contribution is 2.51. The van der Waals surface area contributed by atoms with Crippen LogP contribution in [0.1, 0.15) is 71.8 Å². The van der Waals surface area contributed by atoms with Gasteiger partial charge in [0.2, 0.25) is 0 Å². The molecule has 0 spiro atoms. The zero-order chi connectivity index (χ0) is 30.4. The average molecular weight is 612 g/mol. The third-order valence-corrected chi connectivity index (χ3v) is 8.62. The number of nitrogens with one attached hydrogen (secondary N) is 2. The Hall–Kier alpha value is -3.29. The van der Waals surface area contributed by atoms with Crippen molar-refractivity contribution in [1.82, 2.24) is 5.32 Å². The molecule has 9 heteroatoms. The van der Waals surface area contributed by atoms with Crippen molar-refractivity contribution in [2.75, 3.05) is 18.5 Å². The van der Waals surface area contributed by atoms with Gasteiger partial charge in [0.25, 0.3) is 5.91 Å².